The summed E-state index contributed by atoms with van der Waals surface area (Å²) in [5.41, 5.74) is 1.70. The van der Waals surface area contributed by atoms with Gasteiger partial charge in [-0.2, -0.15) is 0 Å². The summed E-state index contributed by atoms with van der Waals surface area (Å²) in [7, 11) is -1.17. The predicted octanol–water partition coefficient (Wildman–Crippen LogP) is 2.97. The Morgan fingerprint density at radius 3 is 2.55 bits per heavy atom. The van der Waals surface area contributed by atoms with Gasteiger partial charge in [-0.15, -0.1) is 0 Å². The number of phenols is 1. The van der Waals surface area contributed by atoms with Crippen LogP contribution in [0, 0.1) is 6.92 Å². The van der Waals surface area contributed by atoms with E-state index in [1.54, 1.807) is 26.3 Å². The molecule has 1 aromatic rings. The average Bonchev–Trinajstić information content (AvgIpc) is 2.36. The van der Waals surface area contributed by atoms with Crippen molar-refractivity contribution >= 4 is 13.3 Å². The van der Waals surface area contributed by atoms with E-state index in [9.17, 15) is 14.5 Å². The third kappa shape index (κ3) is 4.99. The Hall–Kier alpha value is -1.32. The normalized spacial score (nSPS) is 11.4. The highest BCUT2D eigenvalue weighted by Crippen LogP contribution is 2.37. The Balaban J connectivity index is 2.74. The first-order valence-corrected chi connectivity index (χ1v) is 8.87. The monoisotopic (exact) mass is 300 g/mol. The van der Waals surface area contributed by atoms with Gasteiger partial charge in [-0.25, -0.2) is 4.79 Å². The Morgan fingerprint density at radius 1 is 1.35 bits per heavy atom. The fraction of sp³-hybridized carbons (Fsp3) is 0.500. The van der Waals surface area contributed by atoms with Crippen molar-refractivity contribution in [3.05, 3.63) is 28.8 Å². The van der Waals surface area contributed by atoms with Gasteiger partial charge in [0.15, 0.2) is 7.37 Å². The van der Waals surface area contributed by atoms with Gasteiger partial charge in [0, 0.05) is 13.3 Å². The lowest BCUT2D eigenvalue weighted by Crippen LogP contribution is -2.04. The summed E-state index contributed by atoms with van der Waals surface area (Å²) in [5, 5.41) is 9.84. The molecule has 0 bridgehead atoms. The lowest BCUT2D eigenvalue weighted by atomic mass is 10.0. The number of aromatic hydroxyl groups is 1. The van der Waals surface area contributed by atoms with Crippen molar-refractivity contribution in [2.45, 2.75) is 19.8 Å². The van der Waals surface area contributed by atoms with Gasteiger partial charge in [-0.05, 0) is 37.0 Å². The first-order chi connectivity index (χ1) is 9.24. The fourth-order valence-electron chi connectivity index (χ4n) is 1.82. The van der Waals surface area contributed by atoms with Gasteiger partial charge in [0.1, 0.15) is 11.3 Å². The molecule has 0 fully saturated rings. The van der Waals surface area contributed by atoms with E-state index in [1.807, 2.05) is 6.07 Å². The zero-order valence-corrected chi connectivity index (χ0v) is 13.2. The molecule has 0 aliphatic carbocycles. The number of methoxy groups -OCH3 is 1. The molecule has 6 heteroatoms. The number of hydrogen-bond acceptors (Lipinski definition) is 5. The van der Waals surface area contributed by atoms with Crippen LogP contribution >= 0.6 is 7.37 Å². The van der Waals surface area contributed by atoms with E-state index in [-0.39, 0.29) is 11.3 Å². The van der Waals surface area contributed by atoms with Crippen LogP contribution in [-0.2, 0) is 20.2 Å². The quantitative estimate of drug-likeness (QED) is 0.497. The SMILES string of the molecule is COC(=O)c1cc(CCCOP(C)(C)=O)cc(C)c1O. The second-order valence-electron chi connectivity index (χ2n) is 4.99. The zero-order valence-electron chi connectivity index (χ0n) is 12.3. The molecule has 0 saturated carbocycles. The van der Waals surface area contributed by atoms with Crippen molar-refractivity contribution in [1.82, 2.24) is 0 Å². The van der Waals surface area contributed by atoms with E-state index in [2.05, 4.69) is 4.74 Å². The molecule has 0 radical (unpaired) electrons. The molecule has 1 rings (SSSR count). The zero-order chi connectivity index (χ0) is 15.3. The van der Waals surface area contributed by atoms with Crippen LogP contribution in [0.15, 0.2) is 12.1 Å². The van der Waals surface area contributed by atoms with Crippen LogP contribution in [0.4, 0.5) is 0 Å². The summed E-state index contributed by atoms with van der Waals surface area (Å²) in [6, 6.07) is 3.44. The molecule has 0 unspecified atom stereocenters. The molecule has 0 amide bonds. The maximum Gasteiger partial charge on any atom is 0.341 e. The second-order valence-corrected chi connectivity index (χ2v) is 7.75. The maximum atomic E-state index is 11.6. The van der Waals surface area contributed by atoms with Crippen LogP contribution in [0.2, 0.25) is 0 Å². The highest BCUT2D eigenvalue weighted by atomic mass is 31.2. The average molecular weight is 300 g/mol. The van der Waals surface area contributed by atoms with Crippen molar-refractivity contribution in [3.63, 3.8) is 0 Å². The number of hydrogen-bond donors (Lipinski definition) is 1. The van der Waals surface area contributed by atoms with Gasteiger partial charge >= 0.3 is 5.97 Å². The number of ether oxygens (including phenoxy) is 1. The number of rotatable bonds is 6. The number of phenolic OH excluding ortho intramolecular Hbond substituents is 1. The van der Waals surface area contributed by atoms with Crippen LogP contribution in [-0.4, -0.2) is 38.1 Å². The molecular weight excluding hydrogens is 279 g/mol. The minimum Gasteiger partial charge on any atom is -0.507 e. The summed E-state index contributed by atoms with van der Waals surface area (Å²) < 4.78 is 21.2. The first kappa shape index (κ1) is 16.7. The van der Waals surface area contributed by atoms with Crippen LogP contribution < -0.4 is 0 Å². The number of aryl methyl sites for hydroxylation is 2. The molecule has 0 saturated heterocycles. The number of benzene rings is 1. The molecule has 0 aliphatic rings. The molecule has 0 atom stereocenters. The number of carbonyl (C=O) groups is 1. The van der Waals surface area contributed by atoms with E-state index in [1.165, 1.54) is 7.11 Å². The molecule has 1 aromatic carbocycles. The van der Waals surface area contributed by atoms with E-state index < -0.39 is 13.3 Å². The second kappa shape index (κ2) is 6.91. The van der Waals surface area contributed by atoms with Crippen LogP contribution in [0.25, 0.3) is 0 Å². The standard InChI is InChI=1S/C14H21O5P/c1-10-8-11(6-5-7-19-20(3,4)17)9-12(13(10)15)14(16)18-2/h8-9,15H,5-7H2,1-4H3. The molecule has 1 N–H and O–H groups in total. The number of esters is 1. The topological polar surface area (TPSA) is 72.8 Å². The Kier molecular flexibility index (Phi) is 5.78. The van der Waals surface area contributed by atoms with Gasteiger partial charge in [0.25, 0.3) is 0 Å². The van der Waals surface area contributed by atoms with Crippen molar-refractivity contribution in [1.29, 1.82) is 0 Å². The van der Waals surface area contributed by atoms with Crippen molar-refractivity contribution < 1.29 is 23.7 Å². The van der Waals surface area contributed by atoms with Gasteiger partial charge in [-0.3, -0.25) is 4.57 Å². The molecule has 0 spiro atoms. The lowest BCUT2D eigenvalue weighted by molar-refractivity contribution is 0.0597. The van der Waals surface area contributed by atoms with Crippen molar-refractivity contribution in [3.8, 4) is 5.75 Å². The molecule has 0 aromatic heterocycles. The molecule has 20 heavy (non-hydrogen) atoms. The summed E-state index contributed by atoms with van der Waals surface area (Å²) >= 11 is 0. The van der Waals surface area contributed by atoms with Crippen molar-refractivity contribution in [2.75, 3.05) is 27.0 Å². The van der Waals surface area contributed by atoms with Gasteiger partial charge in [-0.1, -0.05) is 6.07 Å². The van der Waals surface area contributed by atoms with Crippen LogP contribution in [0.3, 0.4) is 0 Å². The van der Waals surface area contributed by atoms with Gasteiger partial charge in [0.2, 0.25) is 0 Å². The lowest BCUT2D eigenvalue weighted by Gasteiger charge is -2.11. The molecule has 112 valence electrons. The minimum atomic E-state index is -2.45. The van der Waals surface area contributed by atoms with Gasteiger partial charge in [0.05, 0.1) is 13.7 Å². The predicted molar refractivity (Wildman–Crippen MR) is 77.9 cm³/mol. The van der Waals surface area contributed by atoms with Gasteiger partial charge < -0.3 is 14.4 Å². The first-order valence-electron chi connectivity index (χ1n) is 6.35. The van der Waals surface area contributed by atoms with E-state index in [0.29, 0.717) is 25.0 Å². The summed E-state index contributed by atoms with van der Waals surface area (Å²) in [5.74, 6) is -0.612. The van der Waals surface area contributed by atoms with E-state index in [0.717, 1.165) is 5.56 Å². The molecule has 0 aliphatic heterocycles. The largest absolute Gasteiger partial charge is 0.507 e. The third-order valence-corrected chi connectivity index (χ3v) is 3.58. The summed E-state index contributed by atoms with van der Waals surface area (Å²) in [6.07, 6.45) is 1.36. The minimum absolute atomic E-state index is 0.0523. The highest BCUT2D eigenvalue weighted by molar-refractivity contribution is 7.57. The Labute approximate surface area is 119 Å². The van der Waals surface area contributed by atoms with Crippen LogP contribution in [0.1, 0.15) is 27.9 Å². The fourth-order valence-corrected chi connectivity index (χ4v) is 2.39. The van der Waals surface area contributed by atoms with Crippen LogP contribution in [0.5, 0.6) is 5.75 Å². The summed E-state index contributed by atoms with van der Waals surface area (Å²) in [4.78, 5) is 11.6. The molecule has 0 heterocycles. The Bertz CT molecular complexity index is 533. The smallest absolute Gasteiger partial charge is 0.341 e. The van der Waals surface area contributed by atoms with Crippen molar-refractivity contribution in [2.24, 2.45) is 0 Å². The summed E-state index contributed by atoms with van der Waals surface area (Å²) in [6.45, 7) is 5.28. The molecule has 5 nitrogen and oxygen atoms in total. The van der Waals surface area contributed by atoms with E-state index >= 15 is 0 Å². The Morgan fingerprint density at radius 2 is 2.00 bits per heavy atom. The highest BCUT2D eigenvalue weighted by Gasteiger charge is 2.15. The number of carbonyl (C=O) groups excluding carboxylic acids is 1. The third-order valence-electron chi connectivity index (χ3n) is 2.78. The maximum absolute atomic E-state index is 11.6. The molecular formula is C14H21O5P. The van der Waals surface area contributed by atoms with E-state index in [4.69, 9.17) is 4.52 Å².